The van der Waals surface area contributed by atoms with Crippen molar-refractivity contribution in [3.63, 3.8) is 0 Å². The molecule has 3 heterocycles. The van der Waals surface area contributed by atoms with Crippen LogP contribution in [0.3, 0.4) is 0 Å². The normalized spacial score (nSPS) is 17.7. The number of aromatic nitrogens is 5. The molecule has 24 heavy (non-hydrogen) atoms. The van der Waals surface area contributed by atoms with Crippen LogP contribution < -0.4 is 10.2 Å². The number of amides is 1. The van der Waals surface area contributed by atoms with E-state index in [1.54, 1.807) is 35.2 Å². The summed E-state index contributed by atoms with van der Waals surface area (Å²) in [5, 5.41) is 19.3. The zero-order chi connectivity index (χ0) is 16.7. The summed E-state index contributed by atoms with van der Waals surface area (Å²) in [5.41, 5.74) is 1.26. The van der Waals surface area contributed by atoms with Crippen LogP contribution in [-0.2, 0) is 4.79 Å². The van der Waals surface area contributed by atoms with E-state index in [1.165, 1.54) is 4.63 Å². The van der Waals surface area contributed by atoms with Gasteiger partial charge in [0.25, 0.3) is 0 Å². The molecule has 1 N–H and O–H groups in total. The van der Waals surface area contributed by atoms with Gasteiger partial charge < -0.3 is 10.2 Å². The Hall–Kier alpha value is -2.45. The summed E-state index contributed by atoms with van der Waals surface area (Å²) < 4.78 is 1.30. The summed E-state index contributed by atoms with van der Waals surface area (Å²) in [5.74, 6) is 0.483. The van der Waals surface area contributed by atoms with Gasteiger partial charge in [0, 0.05) is 12.2 Å². The van der Waals surface area contributed by atoms with E-state index in [4.69, 9.17) is 23.2 Å². The Bertz CT molecular complexity index is 928. The van der Waals surface area contributed by atoms with Crippen molar-refractivity contribution in [3.8, 4) is 0 Å². The standard InChI is InChI=1S/C14H11Cl2N7O/c15-9-2-1-8(7-10(9)16)22-6-5-11(14(22)24)17-12-3-4-13-18-20-21-23(13)19-12/h1-4,7,11H,5-6H2,(H,17,19). The first-order chi connectivity index (χ1) is 11.6. The smallest absolute Gasteiger partial charge is 0.249 e. The predicted molar refractivity (Wildman–Crippen MR) is 89.4 cm³/mol. The lowest BCUT2D eigenvalue weighted by atomic mass is 10.2. The number of tetrazole rings is 1. The first-order valence-corrected chi connectivity index (χ1v) is 7.96. The Morgan fingerprint density at radius 2 is 2.04 bits per heavy atom. The van der Waals surface area contributed by atoms with E-state index in [0.717, 1.165) is 5.69 Å². The maximum atomic E-state index is 12.6. The molecule has 0 radical (unpaired) electrons. The van der Waals surface area contributed by atoms with Crippen LogP contribution in [0.5, 0.6) is 0 Å². The number of hydrogen-bond donors (Lipinski definition) is 1. The first kappa shape index (κ1) is 15.1. The van der Waals surface area contributed by atoms with Gasteiger partial charge in [-0.1, -0.05) is 23.2 Å². The van der Waals surface area contributed by atoms with E-state index in [1.807, 2.05) is 0 Å². The molecular formula is C14H11Cl2N7O. The van der Waals surface area contributed by atoms with Gasteiger partial charge >= 0.3 is 0 Å². The molecular weight excluding hydrogens is 353 g/mol. The van der Waals surface area contributed by atoms with E-state index < -0.39 is 0 Å². The molecule has 0 aliphatic carbocycles. The van der Waals surface area contributed by atoms with Gasteiger partial charge in [0.15, 0.2) is 5.65 Å². The van der Waals surface area contributed by atoms with Crippen molar-refractivity contribution in [1.29, 1.82) is 0 Å². The average Bonchev–Trinajstić information content (AvgIpc) is 3.17. The van der Waals surface area contributed by atoms with Crippen molar-refractivity contribution in [3.05, 3.63) is 40.4 Å². The largest absolute Gasteiger partial charge is 0.357 e. The van der Waals surface area contributed by atoms with E-state index in [9.17, 15) is 4.79 Å². The molecule has 122 valence electrons. The molecule has 1 amide bonds. The highest BCUT2D eigenvalue weighted by atomic mass is 35.5. The van der Waals surface area contributed by atoms with Gasteiger partial charge in [0.1, 0.15) is 11.9 Å². The third kappa shape index (κ3) is 2.63. The van der Waals surface area contributed by atoms with Gasteiger partial charge in [-0.3, -0.25) is 4.79 Å². The van der Waals surface area contributed by atoms with Gasteiger partial charge in [-0.05, 0) is 47.2 Å². The van der Waals surface area contributed by atoms with Crippen LogP contribution in [0.25, 0.3) is 5.65 Å². The number of carbonyl (C=O) groups is 1. The average molecular weight is 364 g/mol. The molecule has 1 aliphatic rings. The molecule has 2 aromatic heterocycles. The summed E-state index contributed by atoms with van der Waals surface area (Å²) in [6.45, 7) is 0.585. The Balaban J connectivity index is 1.53. The third-order valence-electron chi connectivity index (χ3n) is 3.81. The van der Waals surface area contributed by atoms with Crippen molar-refractivity contribution < 1.29 is 4.79 Å². The van der Waals surface area contributed by atoms with Crippen molar-refractivity contribution in [2.75, 3.05) is 16.8 Å². The molecule has 1 saturated heterocycles. The van der Waals surface area contributed by atoms with Crippen molar-refractivity contribution in [2.24, 2.45) is 0 Å². The number of carbonyl (C=O) groups excluding carboxylic acids is 1. The summed E-state index contributed by atoms with van der Waals surface area (Å²) in [4.78, 5) is 14.3. The van der Waals surface area contributed by atoms with Crippen LogP contribution in [0, 0.1) is 0 Å². The lowest BCUT2D eigenvalue weighted by Crippen LogP contribution is -2.33. The maximum Gasteiger partial charge on any atom is 0.249 e. The number of nitrogens with zero attached hydrogens (tertiary/aromatic N) is 6. The number of nitrogens with one attached hydrogen (secondary N) is 1. The van der Waals surface area contributed by atoms with Crippen molar-refractivity contribution in [2.45, 2.75) is 12.5 Å². The molecule has 1 aromatic carbocycles. The minimum absolute atomic E-state index is 0.0491. The lowest BCUT2D eigenvalue weighted by Gasteiger charge is -2.18. The molecule has 8 nitrogen and oxygen atoms in total. The monoisotopic (exact) mass is 363 g/mol. The van der Waals surface area contributed by atoms with Gasteiger partial charge in [-0.2, -0.15) is 0 Å². The molecule has 0 spiro atoms. The van der Waals surface area contributed by atoms with E-state index in [0.29, 0.717) is 34.5 Å². The molecule has 10 heteroatoms. The Morgan fingerprint density at radius 3 is 2.88 bits per heavy atom. The molecule has 1 atom stereocenters. The fourth-order valence-electron chi connectivity index (χ4n) is 2.63. The molecule has 1 unspecified atom stereocenters. The van der Waals surface area contributed by atoms with Gasteiger partial charge in [0.05, 0.1) is 10.0 Å². The SMILES string of the molecule is O=C1C(Nc2ccc3nnnn3n2)CCN1c1ccc(Cl)c(Cl)c1. The minimum Gasteiger partial charge on any atom is -0.357 e. The fourth-order valence-corrected chi connectivity index (χ4v) is 2.92. The van der Waals surface area contributed by atoms with Gasteiger partial charge in [-0.25, -0.2) is 0 Å². The van der Waals surface area contributed by atoms with Crippen molar-refractivity contribution >= 4 is 46.3 Å². The number of halogens is 2. The van der Waals surface area contributed by atoms with Crippen LogP contribution in [0.4, 0.5) is 11.5 Å². The molecule has 0 bridgehead atoms. The van der Waals surface area contributed by atoms with Crippen LogP contribution in [0.2, 0.25) is 10.0 Å². The summed E-state index contributed by atoms with van der Waals surface area (Å²) >= 11 is 12.0. The Labute approximate surface area is 146 Å². The van der Waals surface area contributed by atoms with E-state index in [-0.39, 0.29) is 11.9 Å². The lowest BCUT2D eigenvalue weighted by molar-refractivity contribution is -0.117. The molecule has 3 aromatic rings. The Morgan fingerprint density at radius 1 is 1.17 bits per heavy atom. The molecule has 4 rings (SSSR count). The highest BCUT2D eigenvalue weighted by Crippen LogP contribution is 2.30. The third-order valence-corrected chi connectivity index (χ3v) is 4.55. The predicted octanol–water partition coefficient (Wildman–Crippen LogP) is 2.04. The summed E-state index contributed by atoms with van der Waals surface area (Å²) in [7, 11) is 0. The minimum atomic E-state index is -0.374. The highest BCUT2D eigenvalue weighted by Gasteiger charge is 2.33. The molecule has 0 saturated carbocycles. The second kappa shape index (κ2) is 5.88. The zero-order valence-electron chi connectivity index (χ0n) is 12.2. The number of fused-ring (bicyclic) bond motifs is 1. The Kier molecular flexibility index (Phi) is 3.70. The number of rotatable bonds is 3. The maximum absolute atomic E-state index is 12.6. The summed E-state index contributed by atoms with van der Waals surface area (Å²) in [6, 6.07) is 8.24. The highest BCUT2D eigenvalue weighted by molar-refractivity contribution is 6.42. The first-order valence-electron chi connectivity index (χ1n) is 7.20. The quantitative estimate of drug-likeness (QED) is 0.765. The van der Waals surface area contributed by atoms with Crippen LogP contribution in [0.15, 0.2) is 30.3 Å². The topological polar surface area (TPSA) is 88.3 Å². The number of hydrogen-bond acceptors (Lipinski definition) is 6. The number of benzene rings is 1. The van der Waals surface area contributed by atoms with Gasteiger partial charge in [0.2, 0.25) is 5.91 Å². The zero-order valence-corrected chi connectivity index (χ0v) is 13.7. The molecule has 1 fully saturated rings. The van der Waals surface area contributed by atoms with Crippen LogP contribution in [0.1, 0.15) is 6.42 Å². The van der Waals surface area contributed by atoms with Gasteiger partial charge in [-0.15, -0.1) is 14.8 Å². The second-order valence-corrected chi connectivity index (χ2v) is 6.13. The van der Waals surface area contributed by atoms with Crippen LogP contribution >= 0.6 is 23.2 Å². The number of anilines is 2. The molecule has 1 aliphatic heterocycles. The van der Waals surface area contributed by atoms with Crippen LogP contribution in [-0.4, -0.2) is 43.7 Å². The second-order valence-electron chi connectivity index (χ2n) is 5.32. The fraction of sp³-hybridized carbons (Fsp3) is 0.214. The van der Waals surface area contributed by atoms with E-state index in [2.05, 4.69) is 25.9 Å². The summed E-state index contributed by atoms with van der Waals surface area (Å²) in [6.07, 6.45) is 0.647. The van der Waals surface area contributed by atoms with Crippen molar-refractivity contribution in [1.82, 2.24) is 25.3 Å². The van der Waals surface area contributed by atoms with E-state index >= 15 is 0 Å².